The van der Waals surface area contributed by atoms with Gasteiger partial charge in [0.15, 0.2) is 5.82 Å². The average molecular weight is 716 g/mol. The second kappa shape index (κ2) is 14.7. The first-order valence-corrected chi connectivity index (χ1v) is 17.5. The first kappa shape index (κ1) is 35.0. The minimum Gasteiger partial charge on any atom is -0.507 e. The van der Waals surface area contributed by atoms with Crippen LogP contribution in [0.2, 0.25) is 0 Å². The van der Waals surface area contributed by atoms with Gasteiger partial charge < -0.3 is 30.4 Å². The molecular weight excluding hydrogens is 674 g/mol. The number of anilines is 1. The highest BCUT2D eigenvalue weighted by Crippen LogP contribution is 2.34. The maximum absolute atomic E-state index is 12.9. The zero-order valence-electron chi connectivity index (χ0n) is 29.7. The summed E-state index contributed by atoms with van der Waals surface area (Å²) in [7, 11) is 0. The number of phenols is 1. The molecule has 14 nitrogen and oxygen atoms in total. The number of aromatic amines is 3. The second-order valence-corrected chi connectivity index (χ2v) is 13.4. The SMILES string of the molecule is Cc1cc(O)c(-c2n[nH]c(=O)n2-c2ccc3c(ccn3CCOCCNC(=O)c3ccc(CCc4c[nH]c5nc(N)[nH]c(=O)c45)cc3)c2)cc1C(C)C. The number of H-pyrrole nitrogens is 3. The molecule has 0 saturated heterocycles. The number of benzene rings is 3. The van der Waals surface area contributed by atoms with Crippen molar-refractivity contribution in [3.05, 3.63) is 122 Å². The minimum absolute atomic E-state index is 0.0634. The van der Waals surface area contributed by atoms with Crippen LogP contribution in [0.1, 0.15) is 52.4 Å². The van der Waals surface area contributed by atoms with Crippen LogP contribution in [0, 0.1) is 6.92 Å². The molecule has 0 radical (unpaired) electrons. The molecule has 0 spiro atoms. The van der Waals surface area contributed by atoms with E-state index in [9.17, 15) is 19.5 Å². The van der Waals surface area contributed by atoms with Crippen LogP contribution in [0.4, 0.5) is 5.95 Å². The number of aryl methyl sites for hydroxylation is 3. The zero-order chi connectivity index (χ0) is 37.2. The minimum atomic E-state index is -0.399. The number of aromatic hydroxyl groups is 1. The molecule has 0 aliphatic rings. The van der Waals surface area contributed by atoms with E-state index in [1.165, 1.54) is 4.57 Å². The predicted molar refractivity (Wildman–Crippen MR) is 204 cm³/mol. The van der Waals surface area contributed by atoms with Crippen LogP contribution in [0.5, 0.6) is 5.75 Å². The maximum Gasteiger partial charge on any atom is 0.348 e. The highest BCUT2D eigenvalue weighted by molar-refractivity contribution is 5.94. The van der Waals surface area contributed by atoms with Crippen molar-refractivity contribution in [1.82, 2.24) is 39.6 Å². The van der Waals surface area contributed by atoms with Gasteiger partial charge in [-0.2, -0.15) is 10.1 Å². The third-order valence-electron chi connectivity index (χ3n) is 9.48. The quantitative estimate of drug-likeness (QED) is 0.0923. The van der Waals surface area contributed by atoms with E-state index in [2.05, 4.69) is 48.9 Å². The summed E-state index contributed by atoms with van der Waals surface area (Å²) in [6.07, 6.45) is 5.06. The van der Waals surface area contributed by atoms with E-state index in [1.807, 2.05) is 55.6 Å². The first-order valence-electron chi connectivity index (χ1n) is 17.5. The third-order valence-corrected chi connectivity index (χ3v) is 9.48. The topological polar surface area (TPSA) is 202 Å². The fraction of sp³-hybridized carbons (Fsp3) is 0.256. The summed E-state index contributed by atoms with van der Waals surface area (Å²) in [5.74, 6) is 0.530. The molecule has 14 heteroatoms. The van der Waals surface area contributed by atoms with E-state index in [4.69, 9.17) is 10.5 Å². The molecular formula is C39H41N9O5. The largest absolute Gasteiger partial charge is 0.507 e. The monoisotopic (exact) mass is 715 g/mol. The molecule has 1 amide bonds. The highest BCUT2D eigenvalue weighted by Gasteiger charge is 2.19. The van der Waals surface area contributed by atoms with Crippen LogP contribution in [-0.2, 0) is 24.1 Å². The molecule has 0 fully saturated rings. The Balaban J connectivity index is 0.899. The Morgan fingerprint density at radius 1 is 1.04 bits per heavy atom. The van der Waals surface area contributed by atoms with Crippen molar-refractivity contribution in [1.29, 1.82) is 0 Å². The van der Waals surface area contributed by atoms with Crippen LogP contribution < -0.4 is 22.3 Å². The Morgan fingerprint density at radius 2 is 1.85 bits per heavy atom. The van der Waals surface area contributed by atoms with E-state index in [0.717, 1.165) is 33.2 Å². The Kier molecular flexibility index (Phi) is 9.70. The average Bonchev–Trinajstić information content (AvgIpc) is 3.85. The molecule has 7 rings (SSSR count). The Morgan fingerprint density at radius 3 is 2.64 bits per heavy atom. The van der Waals surface area contributed by atoms with Crippen molar-refractivity contribution in [3.8, 4) is 22.8 Å². The highest BCUT2D eigenvalue weighted by atomic mass is 16.5. The van der Waals surface area contributed by atoms with Crippen LogP contribution in [0.15, 0.2) is 82.6 Å². The smallest absolute Gasteiger partial charge is 0.348 e. The molecule has 4 heterocycles. The van der Waals surface area contributed by atoms with Gasteiger partial charge in [0.25, 0.3) is 11.5 Å². The van der Waals surface area contributed by atoms with Crippen molar-refractivity contribution in [2.24, 2.45) is 0 Å². The van der Waals surface area contributed by atoms with Gasteiger partial charge in [0.1, 0.15) is 11.4 Å². The van der Waals surface area contributed by atoms with Crippen molar-refractivity contribution >= 4 is 33.8 Å². The summed E-state index contributed by atoms with van der Waals surface area (Å²) >= 11 is 0. The molecule has 7 aromatic rings. The number of carbonyl (C=O) groups is 1. The molecule has 7 N–H and O–H groups in total. The summed E-state index contributed by atoms with van der Waals surface area (Å²) in [6, 6.07) is 18.7. The number of hydrogen-bond donors (Lipinski definition) is 6. The standard InChI is InChI=1S/C39H41N9O5/c1-22(2)29-20-30(32(49)18-23(29)3)35-45-46-39(52)48(35)28-10-11-31-26(19-28)12-14-47(31)15-17-53-16-13-41-36(50)25-7-4-24(5-8-25)6-9-27-21-42-34-33(27)37(51)44-38(40)43-34/h4-5,7-8,10-12,14,18-22,49H,6,9,13,15-17H2,1-3H3,(H,41,50)(H,46,52)(H4,40,42,43,44,51). The molecule has 3 aromatic carbocycles. The number of fused-ring (bicyclic) bond motifs is 2. The second-order valence-electron chi connectivity index (χ2n) is 13.4. The van der Waals surface area contributed by atoms with Gasteiger partial charge in [-0.25, -0.2) is 14.5 Å². The Hall–Kier alpha value is -6.41. The van der Waals surface area contributed by atoms with Gasteiger partial charge >= 0.3 is 5.69 Å². The zero-order valence-corrected chi connectivity index (χ0v) is 29.7. The lowest BCUT2D eigenvalue weighted by atomic mass is 9.95. The lowest BCUT2D eigenvalue weighted by molar-refractivity contribution is 0.0909. The number of nitrogens with one attached hydrogen (secondary N) is 4. The van der Waals surface area contributed by atoms with Crippen molar-refractivity contribution < 1.29 is 14.6 Å². The van der Waals surface area contributed by atoms with Gasteiger partial charge in [-0.05, 0) is 96.5 Å². The van der Waals surface area contributed by atoms with Crippen molar-refractivity contribution in [3.63, 3.8) is 0 Å². The van der Waals surface area contributed by atoms with Crippen LogP contribution in [0.3, 0.4) is 0 Å². The van der Waals surface area contributed by atoms with Gasteiger partial charge in [-0.15, -0.1) is 0 Å². The summed E-state index contributed by atoms with van der Waals surface area (Å²) < 4.78 is 9.37. The fourth-order valence-corrected chi connectivity index (χ4v) is 6.77. The van der Waals surface area contributed by atoms with E-state index >= 15 is 0 Å². The lowest BCUT2D eigenvalue weighted by Gasteiger charge is -2.14. The number of rotatable bonds is 13. The van der Waals surface area contributed by atoms with Crippen LogP contribution >= 0.6 is 0 Å². The van der Waals surface area contributed by atoms with Gasteiger partial charge in [-0.1, -0.05) is 26.0 Å². The summed E-state index contributed by atoms with van der Waals surface area (Å²) in [4.78, 5) is 47.6. The Labute approximate surface area is 303 Å². The Bertz CT molecular complexity index is 2560. The molecule has 0 aliphatic carbocycles. The van der Waals surface area contributed by atoms with Gasteiger partial charge in [0.05, 0.1) is 29.9 Å². The maximum atomic E-state index is 12.9. The number of phenolic OH excluding ortho intramolecular Hbond substituents is 1. The molecule has 0 aliphatic heterocycles. The number of amides is 1. The number of hydrogen-bond acceptors (Lipinski definition) is 8. The van der Waals surface area contributed by atoms with Gasteiger partial charge in [0, 0.05) is 41.9 Å². The number of carbonyl (C=O) groups excluding carboxylic acids is 1. The molecule has 0 atom stereocenters. The number of ether oxygens (including phenoxy) is 1. The van der Waals surface area contributed by atoms with E-state index in [-0.39, 0.29) is 29.1 Å². The number of nitrogens with two attached hydrogens (primary N) is 1. The number of nitrogens with zero attached hydrogens (tertiary/aromatic N) is 4. The van der Waals surface area contributed by atoms with E-state index in [0.29, 0.717) is 72.8 Å². The molecule has 53 heavy (non-hydrogen) atoms. The first-order chi connectivity index (χ1) is 25.6. The van der Waals surface area contributed by atoms with Crippen LogP contribution in [-0.4, -0.2) is 65.1 Å². The third kappa shape index (κ3) is 7.21. The lowest BCUT2D eigenvalue weighted by Crippen LogP contribution is -2.27. The van der Waals surface area contributed by atoms with Crippen LogP contribution in [0.25, 0.3) is 39.0 Å². The molecule has 0 bridgehead atoms. The van der Waals surface area contributed by atoms with Gasteiger partial charge in [0.2, 0.25) is 5.95 Å². The summed E-state index contributed by atoms with van der Waals surface area (Å²) in [5.41, 5.74) is 12.0. The number of nitrogen functional groups attached to an aromatic ring is 1. The molecule has 0 saturated carbocycles. The van der Waals surface area contributed by atoms with Crippen molar-refractivity contribution in [2.75, 3.05) is 25.5 Å². The predicted octanol–water partition coefficient (Wildman–Crippen LogP) is 4.70. The number of aromatic nitrogens is 7. The molecule has 4 aromatic heterocycles. The van der Waals surface area contributed by atoms with Crippen molar-refractivity contribution in [2.45, 2.75) is 46.1 Å². The molecule has 272 valence electrons. The summed E-state index contributed by atoms with van der Waals surface area (Å²) in [6.45, 7) is 7.89. The van der Waals surface area contributed by atoms with E-state index < -0.39 is 5.69 Å². The van der Waals surface area contributed by atoms with E-state index in [1.54, 1.807) is 24.4 Å². The summed E-state index contributed by atoms with van der Waals surface area (Å²) in [5, 5.41) is 21.9. The molecule has 0 unspecified atom stereocenters. The normalized spacial score (nSPS) is 11.6. The fourth-order valence-electron chi connectivity index (χ4n) is 6.77. The van der Waals surface area contributed by atoms with Gasteiger partial charge in [-0.3, -0.25) is 14.6 Å².